The Hall–Kier alpha value is -2.91. The molecule has 1 aromatic heterocycles. The van der Waals surface area contributed by atoms with E-state index >= 15 is 0 Å². The number of anilines is 3. The number of hydrogen-bond donors (Lipinski definition) is 2. The average Bonchev–Trinajstić information content (AvgIpc) is 3.02. The van der Waals surface area contributed by atoms with Gasteiger partial charge in [0.05, 0.1) is 17.9 Å². The number of nitrogen functional groups attached to an aromatic ring is 1. The highest BCUT2D eigenvalue weighted by Crippen LogP contribution is 2.39. The monoisotopic (exact) mass is 457 g/mol. The summed E-state index contributed by atoms with van der Waals surface area (Å²) in [6.45, 7) is 3.88. The number of fused-ring (bicyclic) bond motifs is 6. The van der Waals surface area contributed by atoms with Gasteiger partial charge in [0.1, 0.15) is 11.4 Å². The molecule has 0 radical (unpaired) electrons. The number of para-hydroxylation sites is 1. The zero-order chi connectivity index (χ0) is 23.1. The molecule has 5 aliphatic rings. The van der Waals surface area contributed by atoms with Crippen molar-refractivity contribution in [3.8, 4) is 17.6 Å². The third kappa shape index (κ3) is 4.07. The fraction of sp³-hybridized carbons (Fsp3) is 0.536. The van der Waals surface area contributed by atoms with E-state index in [4.69, 9.17) is 5.73 Å². The van der Waals surface area contributed by atoms with E-state index < -0.39 is 0 Å². The second-order valence-electron chi connectivity index (χ2n) is 10.5. The maximum absolute atomic E-state index is 10.1. The van der Waals surface area contributed by atoms with E-state index in [9.17, 15) is 5.11 Å². The SMILES string of the molecule is Nc1c(O)cccc1N1CC2CCC(C1)N2c1ccnc(C#CCN2CCC3CCC2CC3)c1. The average molecular weight is 458 g/mol. The first-order chi connectivity index (χ1) is 16.7. The lowest BCUT2D eigenvalue weighted by Gasteiger charge is -2.43. The van der Waals surface area contributed by atoms with Crippen molar-refractivity contribution in [1.82, 2.24) is 9.88 Å². The Bertz CT molecular complexity index is 1090. The molecule has 2 unspecified atom stereocenters. The molecule has 1 saturated carbocycles. The lowest BCUT2D eigenvalue weighted by atomic mass is 9.86. The molecule has 7 rings (SSSR count). The summed E-state index contributed by atoms with van der Waals surface area (Å²) in [5.41, 5.74) is 9.71. The van der Waals surface area contributed by atoms with Crippen LogP contribution in [0.3, 0.4) is 0 Å². The van der Waals surface area contributed by atoms with Crippen LogP contribution >= 0.6 is 0 Å². The standard InChI is InChI=1S/C28H35N5O/c29-28-26(4-1-5-27(28)34)32-18-24-10-11-25(19-32)33(24)23-12-14-30-21(17-23)3-2-15-31-16-13-20-6-8-22(31)9-7-20/h1,4-5,12,14,17,20,22,24-25,34H,6-11,13,15-16,18-19,29H2. The molecule has 1 aromatic carbocycles. The van der Waals surface area contributed by atoms with Crippen molar-refractivity contribution in [3.63, 3.8) is 0 Å². The smallest absolute Gasteiger partial charge is 0.140 e. The second kappa shape index (κ2) is 9.03. The van der Waals surface area contributed by atoms with Crippen LogP contribution in [0.15, 0.2) is 36.5 Å². The summed E-state index contributed by atoms with van der Waals surface area (Å²) in [5, 5.41) is 10.1. The quantitative estimate of drug-likeness (QED) is 0.415. The largest absolute Gasteiger partial charge is 0.506 e. The normalized spacial score (nSPS) is 28.5. The topological polar surface area (TPSA) is 68.9 Å². The molecule has 5 fully saturated rings. The summed E-state index contributed by atoms with van der Waals surface area (Å²) >= 11 is 0. The van der Waals surface area contributed by atoms with Crippen LogP contribution in [0.1, 0.15) is 50.6 Å². The molecule has 1 aliphatic carbocycles. The number of nitrogens with two attached hydrogens (primary N) is 1. The number of pyridine rings is 1. The number of aromatic hydroxyl groups is 1. The first kappa shape index (κ1) is 21.6. The van der Waals surface area contributed by atoms with E-state index in [0.29, 0.717) is 17.8 Å². The van der Waals surface area contributed by atoms with Gasteiger partial charge in [-0.15, -0.1) is 0 Å². The maximum Gasteiger partial charge on any atom is 0.140 e. The number of phenolic OH excluding ortho intramolecular Hbond substituents is 1. The van der Waals surface area contributed by atoms with Crippen molar-refractivity contribution < 1.29 is 5.11 Å². The van der Waals surface area contributed by atoms with Crippen LogP contribution in [0.25, 0.3) is 0 Å². The van der Waals surface area contributed by atoms with Crippen molar-refractivity contribution in [2.75, 3.05) is 41.7 Å². The van der Waals surface area contributed by atoms with Crippen LogP contribution in [0.4, 0.5) is 17.1 Å². The second-order valence-corrected chi connectivity index (χ2v) is 10.5. The van der Waals surface area contributed by atoms with Gasteiger partial charge in [0.25, 0.3) is 0 Å². The van der Waals surface area contributed by atoms with Crippen molar-refractivity contribution >= 4 is 17.1 Å². The van der Waals surface area contributed by atoms with Gasteiger partial charge in [0.2, 0.25) is 0 Å². The molecule has 6 heteroatoms. The van der Waals surface area contributed by atoms with Gasteiger partial charge in [0.15, 0.2) is 0 Å². The first-order valence-corrected chi connectivity index (χ1v) is 13.0. The Balaban J connectivity index is 1.15. The van der Waals surface area contributed by atoms with Crippen molar-refractivity contribution in [3.05, 3.63) is 42.2 Å². The summed E-state index contributed by atoms with van der Waals surface area (Å²) < 4.78 is 0. The molecule has 6 nitrogen and oxygen atoms in total. The predicted molar refractivity (Wildman–Crippen MR) is 137 cm³/mol. The fourth-order valence-electron chi connectivity index (χ4n) is 6.76. The molecule has 34 heavy (non-hydrogen) atoms. The Morgan fingerprint density at radius 2 is 1.74 bits per heavy atom. The van der Waals surface area contributed by atoms with Crippen LogP contribution in [-0.4, -0.2) is 59.3 Å². The zero-order valence-corrected chi connectivity index (χ0v) is 19.9. The minimum atomic E-state index is 0.164. The maximum atomic E-state index is 10.1. The van der Waals surface area contributed by atoms with E-state index in [2.05, 4.69) is 43.7 Å². The van der Waals surface area contributed by atoms with Crippen molar-refractivity contribution in [2.45, 2.75) is 63.1 Å². The van der Waals surface area contributed by atoms with E-state index in [1.807, 2.05) is 18.3 Å². The van der Waals surface area contributed by atoms with Crippen LogP contribution in [-0.2, 0) is 0 Å². The summed E-state index contributed by atoms with van der Waals surface area (Å²) in [4.78, 5) is 12.1. The molecule has 2 atom stereocenters. The highest BCUT2D eigenvalue weighted by molar-refractivity contribution is 5.74. The summed E-state index contributed by atoms with van der Waals surface area (Å²) in [6, 6.07) is 11.4. The van der Waals surface area contributed by atoms with Crippen molar-refractivity contribution in [1.29, 1.82) is 0 Å². The Morgan fingerprint density at radius 1 is 0.971 bits per heavy atom. The van der Waals surface area contributed by atoms with Gasteiger partial charge >= 0.3 is 0 Å². The highest BCUT2D eigenvalue weighted by Gasteiger charge is 2.40. The predicted octanol–water partition coefficient (Wildman–Crippen LogP) is 3.84. The minimum absolute atomic E-state index is 0.164. The molecule has 5 heterocycles. The molecule has 178 valence electrons. The van der Waals surface area contributed by atoms with Gasteiger partial charge in [-0.2, -0.15) is 0 Å². The lowest BCUT2D eigenvalue weighted by molar-refractivity contribution is 0.207. The van der Waals surface area contributed by atoms with Crippen molar-refractivity contribution in [2.24, 2.45) is 5.92 Å². The van der Waals surface area contributed by atoms with Gasteiger partial charge in [-0.25, -0.2) is 4.98 Å². The zero-order valence-electron chi connectivity index (χ0n) is 19.9. The van der Waals surface area contributed by atoms with Gasteiger partial charge < -0.3 is 20.6 Å². The van der Waals surface area contributed by atoms with Gasteiger partial charge in [-0.3, -0.25) is 4.90 Å². The molecule has 2 aromatic rings. The molecule has 4 saturated heterocycles. The number of benzene rings is 1. The Morgan fingerprint density at radius 3 is 2.53 bits per heavy atom. The highest BCUT2D eigenvalue weighted by atomic mass is 16.3. The third-order valence-electron chi connectivity index (χ3n) is 8.58. The number of piperazine rings is 1. The molecular weight excluding hydrogens is 422 g/mol. The van der Waals surface area contributed by atoms with Gasteiger partial charge in [-0.1, -0.05) is 12.0 Å². The van der Waals surface area contributed by atoms with Gasteiger partial charge in [-0.05, 0) is 87.6 Å². The Kier molecular flexibility index (Phi) is 5.74. The van der Waals surface area contributed by atoms with Crippen LogP contribution in [0, 0.1) is 17.8 Å². The fourth-order valence-corrected chi connectivity index (χ4v) is 6.76. The molecule has 0 spiro atoms. The van der Waals surface area contributed by atoms with Crippen LogP contribution in [0.2, 0.25) is 0 Å². The number of rotatable bonds is 3. The van der Waals surface area contributed by atoms with E-state index in [1.54, 1.807) is 6.07 Å². The van der Waals surface area contributed by atoms with E-state index in [-0.39, 0.29) is 5.75 Å². The molecular formula is C28H35N5O. The Labute approximate surface area is 202 Å². The van der Waals surface area contributed by atoms with Crippen LogP contribution in [0.5, 0.6) is 5.75 Å². The third-order valence-corrected chi connectivity index (χ3v) is 8.58. The number of nitrogens with zero attached hydrogens (tertiary/aromatic N) is 4. The summed E-state index contributed by atoms with van der Waals surface area (Å²) in [7, 11) is 0. The number of aromatic nitrogens is 1. The molecule has 3 N–H and O–H groups in total. The minimum Gasteiger partial charge on any atom is -0.506 e. The molecule has 4 aliphatic heterocycles. The van der Waals surface area contributed by atoms with Gasteiger partial charge in [0, 0.05) is 43.1 Å². The van der Waals surface area contributed by atoms with E-state index in [1.165, 1.54) is 57.2 Å². The van der Waals surface area contributed by atoms with E-state index in [0.717, 1.165) is 43.0 Å². The lowest BCUT2D eigenvalue weighted by Crippen LogP contribution is -2.54. The molecule has 4 bridgehead atoms. The van der Waals surface area contributed by atoms with Crippen LogP contribution < -0.4 is 15.5 Å². The first-order valence-electron chi connectivity index (χ1n) is 13.0. The summed E-state index contributed by atoms with van der Waals surface area (Å²) in [6.07, 6.45) is 11.1. The number of phenols is 1. The summed E-state index contributed by atoms with van der Waals surface area (Å²) in [5.74, 6) is 7.92. The molecule has 0 amide bonds. The number of hydrogen-bond acceptors (Lipinski definition) is 6.